The molecule has 2 aromatic rings. The molecule has 8 nitrogen and oxygen atoms in total. The van der Waals surface area contributed by atoms with Crippen LogP contribution in [0.25, 0.3) is 0 Å². The van der Waals surface area contributed by atoms with Gasteiger partial charge < -0.3 is 26.2 Å². The number of halogens is 1. The second-order valence-electron chi connectivity index (χ2n) is 8.23. The van der Waals surface area contributed by atoms with E-state index < -0.39 is 29.9 Å². The van der Waals surface area contributed by atoms with E-state index in [1.54, 1.807) is 24.3 Å². The number of carbonyl (C=O) groups is 3. The summed E-state index contributed by atoms with van der Waals surface area (Å²) in [5, 5.41) is 27.9. The van der Waals surface area contributed by atoms with Gasteiger partial charge in [0.15, 0.2) is 6.04 Å². The Hall–Kier alpha value is -2.94. The molecule has 2 unspecified atom stereocenters. The molecule has 2 aromatic carbocycles. The highest BCUT2D eigenvalue weighted by atomic mass is 35.5. The van der Waals surface area contributed by atoms with E-state index in [0.717, 1.165) is 11.1 Å². The zero-order valence-electron chi connectivity index (χ0n) is 18.3. The minimum atomic E-state index is -1.41. The Morgan fingerprint density at radius 2 is 1.79 bits per heavy atom. The van der Waals surface area contributed by atoms with E-state index in [1.807, 2.05) is 24.3 Å². The van der Waals surface area contributed by atoms with Crippen molar-refractivity contribution in [1.29, 1.82) is 0 Å². The highest BCUT2D eigenvalue weighted by Gasteiger charge is 2.28. The summed E-state index contributed by atoms with van der Waals surface area (Å²) in [6, 6.07) is 13.1. The summed E-state index contributed by atoms with van der Waals surface area (Å²) in [5.74, 6) is -2.44. The fourth-order valence-corrected chi connectivity index (χ4v) is 4.00. The quantitative estimate of drug-likeness (QED) is 0.376. The molecule has 0 bridgehead atoms. The van der Waals surface area contributed by atoms with Crippen molar-refractivity contribution in [2.24, 2.45) is 0 Å². The number of aliphatic carboxylic acids is 1. The average Bonchev–Trinajstić information content (AvgIpc) is 2.79. The highest BCUT2D eigenvalue weighted by molar-refractivity contribution is 6.30. The van der Waals surface area contributed by atoms with Gasteiger partial charge in [-0.05, 0) is 42.2 Å². The first kappa shape index (κ1) is 24.7. The standard InChI is InChI=1S/C24H28ClN3O5/c1-14(29)22(24(32)33)28-21(30)11-18(15-6-8-19(25)9-7-15)13-27-23(31)20-10-16-4-2-3-5-17(16)12-26-20/h2-9,14,18,20,22,26,29H,10-13H2,1H3,(H,27,31)(H,28,30)(H,32,33)/t14?,18?,20-,22+/m0/s1. The van der Waals surface area contributed by atoms with Crippen LogP contribution in [0.4, 0.5) is 0 Å². The first-order chi connectivity index (χ1) is 15.7. The number of amides is 2. The van der Waals surface area contributed by atoms with Crippen molar-refractivity contribution >= 4 is 29.4 Å². The molecule has 1 aliphatic heterocycles. The third-order valence-electron chi connectivity index (χ3n) is 5.76. The first-order valence-corrected chi connectivity index (χ1v) is 11.2. The van der Waals surface area contributed by atoms with Crippen LogP contribution in [0.15, 0.2) is 48.5 Å². The molecule has 33 heavy (non-hydrogen) atoms. The molecule has 1 aliphatic rings. The van der Waals surface area contributed by atoms with Crippen molar-refractivity contribution in [3.05, 3.63) is 70.2 Å². The number of aliphatic hydroxyl groups is 1. The Balaban J connectivity index is 1.66. The van der Waals surface area contributed by atoms with Gasteiger partial charge in [0.25, 0.3) is 0 Å². The molecular weight excluding hydrogens is 446 g/mol. The number of carbonyl (C=O) groups excluding carboxylic acids is 2. The number of carboxylic acids is 1. The number of hydrogen-bond donors (Lipinski definition) is 5. The van der Waals surface area contributed by atoms with Crippen LogP contribution in [0.3, 0.4) is 0 Å². The monoisotopic (exact) mass is 473 g/mol. The van der Waals surface area contributed by atoms with Crippen LogP contribution < -0.4 is 16.0 Å². The lowest BCUT2D eigenvalue weighted by Gasteiger charge is -2.26. The van der Waals surface area contributed by atoms with E-state index in [4.69, 9.17) is 11.6 Å². The molecule has 9 heteroatoms. The lowest BCUT2D eigenvalue weighted by molar-refractivity contribution is -0.144. The van der Waals surface area contributed by atoms with Gasteiger partial charge in [-0.3, -0.25) is 9.59 Å². The molecule has 0 radical (unpaired) electrons. The number of nitrogens with one attached hydrogen (secondary N) is 3. The molecule has 0 spiro atoms. The topological polar surface area (TPSA) is 128 Å². The molecule has 0 saturated heterocycles. The van der Waals surface area contributed by atoms with Gasteiger partial charge in [0.2, 0.25) is 11.8 Å². The van der Waals surface area contributed by atoms with Crippen molar-refractivity contribution in [1.82, 2.24) is 16.0 Å². The molecule has 5 N–H and O–H groups in total. The maximum absolute atomic E-state index is 12.8. The molecule has 1 heterocycles. The van der Waals surface area contributed by atoms with E-state index in [2.05, 4.69) is 16.0 Å². The van der Waals surface area contributed by atoms with Crippen LogP contribution in [0.5, 0.6) is 0 Å². The van der Waals surface area contributed by atoms with E-state index in [1.165, 1.54) is 12.5 Å². The maximum atomic E-state index is 12.8. The second-order valence-corrected chi connectivity index (χ2v) is 8.66. The second kappa shape index (κ2) is 11.3. The average molecular weight is 474 g/mol. The van der Waals surface area contributed by atoms with Crippen molar-refractivity contribution in [2.75, 3.05) is 6.54 Å². The molecule has 4 atom stereocenters. The van der Waals surface area contributed by atoms with Gasteiger partial charge >= 0.3 is 5.97 Å². The molecule has 176 valence electrons. The van der Waals surface area contributed by atoms with E-state index >= 15 is 0 Å². The number of hydrogen-bond acceptors (Lipinski definition) is 5. The van der Waals surface area contributed by atoms with Crippen LogP contribution in [0.1, 0.15) is 36.0 Å². The Labute approximate surface area is 197 Å². The number of benzene rings is 2. The highest BCUT2D eigenvalue weighted by Crippen LogP contribution is 2.22. The summed E-state index contributed by atoms with van der Waals surface area (Å²) >= 11 is 5.98. The van der Waals surface area contributed by atoms with Crippen molar-refractivity contribution in [3.8, 4) is 0 Å². The van der Waals surface area contributed by atoms with Gasteiger partial charge in [-0.15, -0.1) is 0 Å². The summed E-state index contributed by atoms with van der Waals surface area (Å²) < 4.78 is 0. The Bertz CT molecular complexity index is 996. The molecule has 0 fully saturated rings. The van der Waals surface area contributed by atoms with Gasteiger partial charge in [-0.25, -0.2) is 4.79 Å². The molecule has 2 amide bonds. The fourth-order valence-electron chi connectivity index (χ4n) is 3.87. The number of rotatable bonds is 9. The van der Waals surface area contributed by atoms with E-state index in [-0.39, 0.29) is 24.9 Å². The van der Waals surface area contributed by atoms with Gasteiger partial charge in [0.1, 0.15) is 0 Å². The lowest BCUT2D eigenvalue weighted by Crippen LogP contribution is -2.49. The summed E-state index contributed by atoms with van der Waals surface area (Å²) in [4.78, 5) is 36.7. The molecule has 0 aliphatic carbocycles. The molecular formula is C24H28ClN3O5. The maximum Gasteiger partial charge on any atom is 0.328 e. The van der Waals surface area contributed by atoms with Gasteiger partial charge in [-0.1, -0.05) is 48.0 Å². The third-order valence-corrected chi connectivity index (χ3v) is 6.01. The molecule has 3 rings (SSSR count). The fraction of sp³-hybridized carbons (Fsp3) is 0.375. The zero-order chi connectivity index (χ0) is 24.0. The SMILES string of the molecule is CC(O)[C@@H](NC(=O)CC(CNC(=O)[C@@H]1Cc2ccccc2CN1)c1ccc(Cl)cc1)C(=O)O. The molecule has 0 aromatic heterocycles. The Kier molecular flexibility index (Phi) is 8.43. The number of carboxylic acid groups (broad SMARTS) is 1. The van der Waals surface area contributed by atoms with E-state index in [9.17, 15) is 24.6 Å². The van der Waals surface area contributed by atoms with Gasteiger partial charge in [-0.2, -0.15) is 0 Å². The smallest absolute Gasteiger partial charge is 0.328 e. The van der Waals surface area contributed by atoms with Gasteiger partial charge in [0, 0.05) is 30.5 Å². The minimum Gasteiger partial charge on any atom is -0.480 e. The largest absolute Gasteiger partial charge is 0.480 e. The van der Waals surface area contributed by atoms with E-state index in [0.29, 0.717) is 18.0 Å². The van der Waals surface area contributed by atoms with Crippen LogP contribution in [0, 0.1) is 0 Å². The van der Waals surface area contributed by atoms with Gasteiger partial charge in [0.05, 0.1) is 12.1 Å². The normalized spacial score (nSPS) is 17.8. The summed E-state index contributed by atoms with van der Waals surface area (Å²) in [6.07, 6.45) is -0.748. The van der Waals surface area contributed by atoms with Crippen molar-refractivity contribution in [3.63, 3.8) is 0 Å². The van der Waals surface area contributed by atoms with Crippen molar-refractivity contribution < 1.29 is 24.6 Å². The zero-order valence-corrected chi connectivity index (χ0v) is 19.0. The Morgan fingerprint density at radius 3 is 2.42 bits per heavy atom. The van der Waals surface area contributed by atoms with Crippen LogP contribution in [-0.2, 0) is 27.3 Å². The lowest BCUT2D eigenvalue weighted by atomic mass is 9.93. The first-order valence-electron chi connectivity index (χ1n) is 10.8. The number of fused-ring (bicyclic) bond motifs is 1. The van der Waals surface area contributed by atoms with Crippen LogP contribution in [0.2, 0.25) is 5.02 Å². The minimum absolute atomic E-state index is 0.0701. The van der Waals surface area contributed by atoms with Crippen LogP contribution >= 0.6 is 11.6 Å². The number of aliphatic hydroxyl groups excluding tert-OH is 1. The van der Waals surface area contributed by atoms with Crippen molar-refractivity contribution in [2.45, 2.75) is 50.4 Å². The predicted molar refractivity (Wildman–Crippen MR) is 124 cm³/mol. The summed E-state index contributed by atoms with van der Waals surface area (Å²) in [7, 11) is 0. The Morgan fingerprint density at radius 1 is 1.12 bits per heavy atom. The third kappa shape index (κ3) is 6.77. The molecule has 0 saturated carbocycles. The summed E-state index contributed by atoms with van der Waals surface area (Å²) in [6.45, 7) is 2.08. The summed E-state index contributed by atoms with van der Waals surface area (Å²) in [5.41, 5.74) is 3.08. The van der Waals surface area contributed by atoms with Crippen LogP contribution in [-0.4, -0.2) is 52.7 Å². The predicted octanol–water partition coefficient (Wildman–Crippen LogP) is 1.59.